The lowest BCUT2D eigenvalue weighted by Crippen LogP contribution is -2.39. The molecule has 0 amide bonds. The van der Waals surface area contributed by atoms with Gasteiger partial charge in [-0.1, -0.05) is 11.8 Å². The van der Waals surface area contributed by atoms with Crippen molar-refractivity contribution >= 4 is 11.8 Å². The molecule has 4 heteroatoms. The summed E-state index contributed by atoms with van der Waals surface area (Å²) < 4.78 is 2.12. The molecule has 0 aromatic carbocycles. The highest BCUT2D eigenvalue weighted by Crippen LogP contribution is 2.36. The van der Waals surface area contributed by atoms with Gasteiger partial charge < -0.3 is 9.88 Å². The van der Waals surface area contributed by atoms with Gasteiger partial charge in [0.2, 0.25) is 0 Å². The first-order valence-corrected chi connectivity index (χ1v) is 6.59. The third-order valence-corrected chi connectivity index (χ3v) is 4.80. The topological polar surface area (TPSA) is 29.9 Å². The first-order valence-electron chi connectivity index (χ1n) is 5.71. The van der Waals surface area contributed by atoms with Gasteiger partial charge in [-0.15, -0.1) is 0 Å². The Morgan fingerprint density at radius 1 is 1.40 bits per heavy atom. The van der Waals surface area contributed by atoms with E-state index in [-0.39, 0.29) is 0 Å². The van der Waals surface area contributed by atoms with Gasteiger partial charge in [-0.2, -0.15) is 0 Å². The van der Waals surface area contributed by atoms with Crippen LogP contribution in [-0.4, -0.2) is 26.9 Å². The van der Waals surface area contributed by atoms with Crippen molar-refractivity contribution < 1.29 is 0 Å². The van der Waals surface area contributed by atoms with Gasteiger partial charge in [0.25, 0.3) is 0 Å². The summed E-state index contributed by atoms with van der Waals surface area (Å²) in [6.07, 6.45) is 9.29. The van der Waals surface area contributed by atoms with Crippen molar-refractivity contribution in [3.8, 4) is 0 Å². The number of aromatic nitrogens is 2. The average molecular weight is 223 g/mol. The lowest BCUT2D eigenvalue weighted by atomic mass is 10.1. The second-order valence-corrected chi connectivity index (χ2v) is 5.94. The molecule has 3 rings (SSSR count). The fraction of sp³-hybridized carbons (Fsp3) is 0.727. The molecule has 1 N–H and O–H groups in total. The van der Waals surface area contributed by atoms with Gasteiger partial charge in [0.05, 0.1) is 0 Å². The summed E-state index contributed by atoms with van der Waals surface area (Å²) in [5.41, 5.74) is 0. The van der Waals surface area contributed by atoms with Crippen LogP contribution in [0, 0.1) is 0 Å². The predicted molar refractivity (Wildman–Crippen MR) is 62.0 cm³/mol. The molecule has 15 heavy (non-hydrogen) atoms. The van der Waals surface area contributed by atoms with Gasteiger partial charge >= 0.3 is 0 Å². The number of hydrogen-bond donors (Lipinski definition) is 1. The number of aryl methyl sites for hydroxylation is 1. The van der Waals surface area contributed by atoms with Crippen molar-refractivity contribution in [3.05, 3.63) is 12.4 Å². The van der Waals surface area contributed by atoms with Crippen molar-refractivity contribution in [2.45, 2.75) is 48.2 Å². The quantitative estimate of drug-likeness (QED) is 0.829. The highest BCUT2D eigenvalue weighted by molar-refractivity contribution is 7.99. The normalized spacial score (nSPS) is 34.6. The van der Waals surface area contributed by atoms with Crippen molar-refractivity contribution in [1.29, 1.82) is 0 Å². The Hall–Kier alpha value is -0.480. The zero-order valence-corrected chi connectivity index (χ0v) is 9.83. The minimum absolute atomic E-state index is 0.768. The second-order valence-electron chi connectivity index (χ2n) is 4.67. The van der Waals surface area contributed by atoms with E-state index in [4.69, 9.17) is 0 Å². The molecule has 2 saturated heterocycles. The molecule has 0 spiro atoms. The highest BCUT2D eigenvalue weighted by atomic mass is 32.2. The third-order valence-electron chi connectivity index (χ3n) is 3.48. The van der Waals surface area contributed by atoms with Crippen LogP contribution < -0.4 is 5.32 Å². The van der Waals surface area contributed by atoms with Crippen molar-refractivity contribution in [2.75, 3.05) is 0 Å². The lowest BCUT2D eigenvalue weighted by Gasteiger charge is -2.28. The molecule has 3 nitrogen and oxygen atoms in total. The predicted octanol–water partition coefficient (Wildman–Crippen LogP) is 1.80. The number of piperidine rings is 1. The Bertz CT molecular complexity index is 337. The number of fused-ring (bicyclic) bond motifs is 2. The molecule has 0 unspecified atom stereocenters. The highest BCUT2D eigenvalue weighted by Gasteiger charge is 2.34. The van der Waals surface area contributed by atoms with E-state index in [0.717, 1.165) is 17.3 Å². The van der Waals surface area contributed by atoms with Crippen LogP contribution in [0.25, 0.3) is 0 Å². The minimum atomic E-state index is 0.768. The maximum Gasteiger partial charge on any atom is 0.167 e. The van der Waals surface area contributed by atoms with Gasteiger partial charge in [0, 0.05) is 36.8 Å². The molecule has 0 radical (unpaired) electrons. The number of rotatable bonds is 2. The lowest BCUT2D eigenvalue weighted by molar-refractivity contribution is 0.414. The van der Waals surface area contributed by atoms with Crippen molar-refractivity contribution in [1.82, 2.24) is 14.9 Å². The van der Waals surface area contributed by atoms with E-state index in [0.29, 0.717) is 0 Å². The van der Waals surface area contributed by atoms with Gasteiger partial charge in [0.1, 0.15) is 0 Å². The van der Waals surface area contributed by atoms with E-state index in [1.54, 1.807) is 0 Å². The van der Waals surface area contributed by atoms with Gasteiger partial charge in [0.15, 0.2) is 5.16 Å². The number of nitrogens with one attached hydrogen (secondary N) is 1. The summed E-state index contributed by atoms with van der Waals surface area (Å²) in [6, 6.07) is 1.56. The Kier molecular flexibility index (Phi) is 2.48. The third kappa shape index (κ3) is 1.93. The Labute approximate surface area is 94.7 Å². The van der Waals surface area contributed by atoms with E-state index in [2.05, 4.69) is 21.9 Å². The van der Waals surface area contributed by atoms with E-state index in [9.17, 15) is 0 Å². The average Bonchev–Trinajstić information content (AvgIpc) is 2.75. The zero-order valence-electron chi connectivity index (χ0n) is 9.02. The molecule has 2 fully saturated rings. The number of hydrogen-bond acceptors (Lipinski definition) is 3. The molecule has 0 saturated carbocycles. The first kappa shape index (κ1) is 9.73. The molecule has 3 heterocycles. The second kappa shape index (κ2) is 3.83. The molecule has 2 atom stereocenters. The van der Waals surface area contributed by atoms with Crippen LogP contribution in [0.3, 0.4) is 0 Å². The largest absolute Gasteiger partial charge is 0.329 e. The number of nitrogens with zero attached hydrogens (tertiary/aromatic N) is 2. The maximum absolute atomic E-state index is 4.39. The fourth-order valence-electron chi connectivity index (χ4n) is 2.72. The summed E-state index contributed by atoms with van der Waals surface area (Å²) in [7, 11) is 2.07. The maximum atomic E-state index is 4.39. The van der Waals surface area contributed by atoms with E-state index < -0.39 is 0 Å². The van der Waals surface area contributed by atoms with Crippen LogP contribution >= 0.6 is 11.8 Å². The number of thioether (sulfide) groups is 1. The molecule has 0 aliphatic carbocycles. The monoisotopic (exact) mass is 223 g/mol. The van der Waals surface area contributed by atoms with Gasteiger partial charge in [-0.05, 0) is 25.7 Å². The molecular formula is C11H17N3S. The summed E-state index contributed by atoms with van der Waals surface area (Å²) in [5.74, 6) is 0. The van der Waals surface area contributed by atoms with Crippen LogP contribution in [0.1, 0.15) is 25.7 Å². The summed E-state index contributed by atoms with van der Waals surface area (Å²) in [4.78, 5) is 4.39. The Balaban J connectivity index is 1.67. The number of imidazole rings is 1. The van der Waals surface area contributed by atoms with Crippen molar-refractivity contribution in [3.63, 3.8) is 0 Å². The molecule has 1 aromatic heterocycles. The standard InChI is InChI=1S/C11H17N3S/c1-14-5-4-12-11(14)15-10-6-8-2-3-9(7-10)13-8/h4-5,8-10,13H,2-3,6-7H2,1H3/t8-,9-/m1/s1. The summed E-state index contributed by atoms with van der Waals surface area (Å²) in [5, 5.41) is 5.61. The Morgan fingerprint density at radius 2 is 2.13 bits per heavy atom. The molecule has 1 aromatic rings. The molecule has 2 aliphatic heterocycles. The molecular weight excluding hydrogens is 206 g/mol. The van der Waals surface area contributed by atoms with Crippen molar-refractivity contribution in [2.24, 2.45) is 7.05 Å². The molecule has 2 bridgehead atoms. The molecule has 2 aliphatic rings. The van der Waals surface area contributed by atoms with E-state index >= 15 is 0 Å². The van der Waals surface area contributed by atoms with Crippen LogP contribution in [-0.2, 0) is 7.05 Å². The Morgan fingerprint density at radius 3 is 2.73 bits per heavy atom. The first-order chi connectivity index (χ1) is 7.31. The van der Waals surface area contributed by atoms with Gasteiger partial charge in [-0.3, -0.25) is 0 Å². The van der Waals surface area contributed by atoms with Crippen LogP contribution in [0.4, 0.5) is 0 Å². The van der Waals surface area contributed by atoms with E-state index in [1.165, 1.54) is 30.8 Å². The van der Waals surface area contributed by atoms with Crippen LogP contribution in [0.5, 0.6) is 0 Å². The van der Waals surface area contributed by atoms with Gasteiger partial charge in [-0.25, -0.2) is 4.98 Å². The van der Waals surface area contributed by atoms with E-state index in [1.807, 2.05) is 24.2 Å². The van der Waals surface area contributed by atoms with Crippen LogP contribution in [0.2, 0.25) is 0 Å². The summed E-state index contributed by atoms with van der Waals surface area (Å²) in [6.45, 7) is 0. The van der Waals surface area contributed by atoms with Crippen LogP contribution in [0.15, 0.2) is 17.6 Å². The SMILES string of the molecule is Cn1ccnc1SC1C[C@H]2CC[C@H](C1)N2. The molecule has 82 valence electrons. The zero-order chi connectivity index (χ0) is 10.3. The fourth-order valence-corrected chi connectivity index (χ4v) is 4.02. The smallest absolute Gasteiger partial charge is 0.167 e. The minimum Gasteiger partial charge on any atom is -0.329 e. The summed E-state index contributed by atoms with van der Waals surface area (Å²) >= 11 is 1.96.